The van der Waals surface area contributed by atoms with Gasteiger partial charge in [-0.1, -0.05) is 6.07 Å². The number of allylic oxidation sites excluding steroid dienone is 2. The van der Waals surface area contributed by atoms with Crippen LogP contribution in [0, 0.1) is 5.92 Å². The lowest BCUT2D eigenvalue weighted by Gasteiger charge is -2.37. The van der Waals surface area contributed by atoms with Crippen molar-refractivity contribution in [1.29, 1.82) is 0 Å². The lowest BCUT2D eigenvalue weighted by atomic mass is 9.67. The minimum atomic E-state index is -0.251. The zero-order valence-electron chi connectivity index (χ0n) is 12.4. The summed E-state index contributed by atoms with van der Waals surface area (Å²) in [5, 5.41) is 0. The van der Waals surface area contributed by atoms with Gasteiger partial charge in [-0.15, -0.1) is 0 Å². The number of carbonyl (C=O) groups excluding carboxylic acids is 2. The van der Waals surface area contributed by atoms with Gasteiger partial charge >= 0.3 is 0 Å². The first kappa shape index (κ1) is 13.6. The molecule has 0 amide bonds. The van der Waals surface area contributed by atoms with Crippen LogP contribution in [0.1, 0.15) is 50.0 Å². The summed E-state index contributed by atoms with van der Waals surface area (Å²) in [6, 6.07) is 3.86. The predicted molar refractivity (Wildman–Crippen MR) is 82.6 cm³/mol. The Bertz CT molecular complexity index is 703. The first-order chi connectivity index (χ1) is 10.8. The maximum atomic E-state index is 12.6. The zero-order valence-corrected chi connectivity index (χ0v) is 12.4. The number of Topliss-reactive ketones (excluding diaryl/α,β-unsaturated/α-hetero) is 2. The molecule has 1 aliphatic heterocycles. The van der Waals surface area contributed by atoms with Crippen molar-refractivity contribution >= 4 is 17.3 Å². The quantitative estimate of drug-likeness (QED) is 0.800. The SMILES string of the molecule is O=C1CCCC2=C1[C@@H](c1cccnc1)C1C(=O)CCCC1=N2. The van der Waals surface area contributed by atoms with Crippen LogP contribution in [0.2, 0.25) is 0 Å². The monoisotopic (exact) mass is 294 g/mol. The van der Waals surface area contributed by atoms with E-state index in [1.807, 2.05) is 12.1 Å². The van der Waals surface area contributed by atoms with Crippen molar-refractivity contribution in [1.82, 2.24) is 4.98 Å². The molecule has 2 heterocycles. The lowest BCUT2D eigenvalue weighted by molar-refractivity contribution is -0.122. The molecule has 0 aromatic carbocycles. The molecular formula is C18H18N2O2. The van der Waals surface area contributed by atoms with Crippen molar-refractivity contribution in [2.75, 3.05) is 0 Å². The first-order valence-electron chi connectivity index (χ1n) is 8.02. The second-order valence-electron chi connectivity index (χ2n) is 6.30. The fourth-order valence-corrected chi connectivity index (χ4v) is 4.02. The number of aromatic nitrogens is 1. The standard InChI is InChI=1S/C18H18N2O2/c21-14-7-1-5-12-17(14)16(11-4-3-9-19-10-11)18-13(20-12)6-2-8-15(18)22/h3-4,9-10,16-17H,1-2,5-8H2/t16-,17?/m0/s1. The highest BCUT2D eigenvalue weighted by Crippen LogP contribution is 2.45. The molecule has 3 aliphatic rings. The molecule has 2 atom stereocenters. The topological polar surface area (TPSA) is 59.4 Å². The van der Waals surface area contributed by atoms with Gasteiger partial charge < -0.3 is 0 Å². The van der Waals surface area contributed by atoms with Gasteiger partial charge in [-0.3, -0.25) is 19.6 Å². The van der Waals surface area contributed by atoms with E-state index in [0.717, 1.165) is 48.2 Å². The highest BCUT2D eigenvalue weighted by molar-refractivity contribution is 6.12. The van der Waals surface area contributed by atoms with Gasteiger partial charge in [-0.2, -0.15) is 0 Å². The maximum Gasteiger partial charge on any atom is 0.161 e. The fraction of sp³-hybridized carbons (Fsp3) is 0.444. The van der Waals surface area contributed by atoms with Crippen LogP contribution in [0.15, 0.2) is 40.8 Å². The number of rotatable bonds is 1. The summed E-state index contributed by atoms with van der Waals surface area (Å²) < 4.78 is 0. The van der Waals surface area contributed by atoms with Crippen molar-refractivity contribution in [3.63, 3.8) is 0 Å². The minimum absolute atomic E-state index is 0.163. The second-order valence-corrected chi connectivity index (χ2v) is 6.30. The summed E-state index contributed by atoms with van der Waals surface area (Å²) in [5.41, 5.74) is 3.66. The molecule has 2 aliphatic carbocycles. The van der Waals surface area contributed by atoms with E-state index in [9.17, 15) is 9.59 Å². The number of hydrogen-bond acceptors (Lipinski definition) is 4. The number of ketones is 2. The molecule has 0 spiro atoms. The van der Waals surface area contributed by atoms with E-state index < -0.39 is 0 Å². The molecule has 1 aromatic heterocycles. The van der Waals surface area contributed by atoms with Gasteiger partial charge in [0, 0.05) is 48.1 Å². The number of fused-ring (bicyclic) bond motifs is 1. The molecule has 0 radical (unpaired) electrons. The van der Waals surface area contributed by atoms with Gasteiger partial charge in [-0.05, 0) is 37.3 Å². The van der Waals surface area contributed by atoms with Gasteiger partial charge in [0.15, 0.2) is 5.78 Å². The Labute approximate surface area is 129 Å². The Morgan fingerprint density at radius 2 is 1.86 bits per heavy atom. The van der Waals surface area contributed by atoms with Gasteiger partial charge in [-0.25, -0.2) is 0 Å². The third-order valence-electron chi connectivity index (χ3n) is 4.96. The van der Waals surface area contributed by atoms with Crippen LogP contribution in [0.3, 0.4) is 0 Å². The summed E-state index contributed by atoms with van der Waals surface area (Å²) in [7, 11) is 0. The van der Waals surface area contributed by atoms with Crippen LogP contribution < -0.4 is 0 Å². The normalized spacial score (nSPS) is 28.1. The first-order valence-corrected chi connectivity index (χ1v) is 8.02. The molecule has 0 saturated heterocycles. The van der Waals surface area contributed by atoms with Gasteiger partial charge in [0.2, 0.25) is 0 Å². The number of pyridine rings is 1. The Kier molecular flexibility index (Phi) is 3.25. The number of carbonyl (C=O) groups is 2. The molecule has 1 fully saturated rings. The van der Waals surface area contributed by atoms with E-state index in [0.29, 0.717) is 12.8 Å². The average Bonchev–Trinajstić information content (AvgIpc) is 2.54. The van der Waals surface area contributed by atoms with E-state index in [1.54, 1.807) is 12.4 Å². The van der Waals surface area contributed by atoms with Gasteiger partial charge in [0.05, 0.1) is 5.92 Å². The molecule has 1 unspecified atom stereocenters. The van der Waals surface area contributed by atoms with Crippen LogP contribution >= 0.6 is 0 Å². The summed E-state index contributed by atoms with van der Waals surface area (Å²) in [6.45, 7) is 0. The highest BCUT2D eigenvalue weighted by Gasteiger charge is 2.44. The smallest absolute Gasteiger partial charge is 0.161 e. The van der Waals surface area contributed by atoms with Gasteiger partial charge in [0.1, 0.15) is 5.78 Å². The van der Waals surface area contributed by atoms with Crippen molar-refractivity contribution < 1.29 is 9.59 Å². The summed E-state index contributed by atoms with van der Waals surface area (Å²) >= 11 is 0. The minimum Gasteiger partial charge on any atom is -0.299 e. The van der Waals surface area contributed by atoms with Crippen molar-refractivity contribution in [3.05, 3.63) is 41.4 Å². The van der Waals surface area contributed by atoms with Crippen molar-refractivity contribution in [3.8, 4) is 0 Å². The summed E-state index contributed by atoms with van der Waals surface area (Å²) in [4.78, 5) is 34.0. The molecule has 112 valence electrons. The fourth-order valence-electron chi connectivity index (χ4n) is 4.02. The summed E-state index contributed by atoms with van der Waals surface area (Å²) in [6.07, 6.45) is 8.15. The largest absolute Gasteiger partial charge is 0.299 e. The van der Waals surface area contributed by atoms with Crippen molar-refractivity contribution in [2.24, 2.45) is 10.9 Å². The van der Waals surface area contributed by atoms with E-state index in [4.69, 9.17) is 4.99 Å². The predicted octanol–water partition coefficient (Wildman–Crippen LogP) is 3.00. The Balaban J connectivity index is 1.90. The molecule has 22 heavy (non-hydrogen) atoms. The van der Waals surface area contributed by atoms with Crippen LogP contribution in [0.5, 0.6) is 0 Å². The number of hydrogen-bond donors (Lipinski definition) is 0. The third kappa shape index (κ3) is 2.05. The van der Waals surface area contributed by atoms with Crippen LogP contribution in [-0.4, -0.2) is 22.3 Å². The molecule has 4 rings (SSSR count). The second kappa shape index (κ2) is 5.27. The molecule has 1 saturated carbocycles. The lowest BCUT2D eigenvalue weighted by Crippen LogP contribution is -2.39. The highest BCUT2D eigenvalue weighted by atomic mass is 16.1. The van der Waals surface area contributed by atoms with E-state index in [1.165, 1.54) is 0 Å². The van der Waals surface area contributed by atoms with E-state index >= 15 is 0 Å². The van der Waals surface area contributed by atoms with Crippen LogP contribution in [0.25, 0.3) is 0 Å². The number of nitrogens with zero attached hydrogens (tertiary/aromatic N) is 2. The van der Waals surface area contributed by atoms with Crippen molar-refractivity contribution in [2.45, 2.75) is 44.4 Å². The molecule has 4 nitrogen and oxygen atoms in total. The van der Waals surface area contributed by atoms with Gasteiger partial charge in [0.25, 0.3) is 0 Å². The summed E-state index contributed by atoms with van der Waals surface area (Å²) in [5.74, 6) is -0.0318. The maximum absolute atomic E-state index is 12.6. The number of aliphatic imine (C=N–C) groups is 1. The Morgan fingerprint density at radius 3 is 2.68 bits per heavy atom. The molecule has 4 heteroatoms. The third-order valence-corrected chi connectivity index (χ3v) is 4.96. The van der Waals surface area contributed by atoms with E-state index in [-0.39, 0.29) is 23.4 Å². The molecular weight excluding hydrogens is 276 g/mol. The van der Waals surface area contributed by atoms with Crippen LogP contribution in [-0.2, 0) is 9.59 Å². The molecule has 0 bridgehead atoms. The Morgan fingerprint density at radius 1 is 1.00 bits per heavy atom. The average molecular weight is 294 g/mol. The van der Waals surface area contributed by atoms with E-state index in [2.05, 4.69) is 4.98 Å². The van der Waals surface area contributed by atoms with Crippen LogP contribution in [0.4, 0.5) is 0 Å². The zero-order chi connectivity index (χ0) is 15.1. The Hall–Kier alpha value is -2.10. The molecule has 1 aromatic rings. The molecule has 0 N–H and O–H groups in total.